The number of amides is 1. The maximum Gasteiger partial charge on any atom is 0.231 e. The maximum atomic E-state index is 12.3. The SMILES string of the molecule is Cc1ccc([C@@H](NC(=O)CSc2cn[nH]n2)c2cccs2)cc1. The second-order valence-corrected chi connectivity index (χ2v) is 7.00. The number of thiophene rings is 1. The van der Waals surface area contributed by atoms with Gasteiger partial charge in [0.2, 0.25) is 5.91 Å². The molecule has 0 aliphatic rings. The van der Waals surface area contributed by atoms with Crippen LogP contribution in [0.3, 0.4) is 0 Å². The number of benzene rings is 1. The van der Waals surface area contributed by atoms with Gasteiger partial charge < -0.3 is 5.32 Å². The van der Waals surface area contributed by atoms with E-state index in [1.807, 2.05) is 17.5 Å². The zero-order valence-electron chi connectivity index (χ0n) is 12.5. The Balaban J connectivity index is 1.71. The first-order valence-electron chi connectivity index (χ1n) is 7.10. The lowest BCUT2D eigenvalue weighted by Gasteiger charge is -2.18. The van der Waals surface area contributed by atoms with Crippen molar-refractivity contribution in [2.45, 2.75) is 18.0 Å². The summed E-state index contributed by atoms with van der Waals surface area (Å²) in [7, 11) is 0. The van der Waals surface area contributed by atoms with Gasteiger partial charge in [0.1, 0.15) is 5.03 Å². The Kier molecular flexibility index (Phi) is 5.09. The molecule has 118 valence electrons. The smallest absolute Gasteiger partial charge is 0.231 e. The number of nitrogens with one attached hydrogen (secondary N) is 2. The van der Waals surface area contributed by atoms with Crippen LogP contribution in [0.25, 0.3) is 0 Å². The van der Waals surface area contributed by atoms with Crippen molar-refractivity contribution in [3.05, 3.63) is 64.0 Å². The standard InChI is InChI=1S/C16H16N4OS2/c1-11-4-6-12(7-5-11)16(13-3-2-8-22-13)18-14(21)10-23-15-9-17-20-19-15/h2-9,16H,10H2,1H3,(H,18,21)(H,17,19,20)/t16-/m1/s1. The normalized spacial score (nSPS) is 12.0. The molecule has 2 N–H and O–H groups in total. The number of hydrogen-bond acceptors (Lipinski definition) is 5. The van der Waals surface area contributed by atoms with E-state index in [1.54, 1.807) is 17.5 Å². The highest BCUT2D eigenvalue weighted by molar-refractivity contribution is 7.99. The number of hydrogen-bond donors (Lipinski definition) is 2. The molecule has 0 saturated heterocycles. The van der Waals surface area contributed by atoms with Gasteiger partial charge in [0.05, 0.1) is 18.0 Å². The highest BCUT2D eigenvalue weighted by atomic mass is 32.2. The first-order valence-corrected chi connectivity index (χ1v) is 8.97. The van der Waals surface area contributed by atoms with Crippen molar-refractivity contribution >= 4 is 29.0 Å². The van der Waals surface area contributed by atoms with Crippen LogP contribution >= 0.6 is 23.1 Å². The molecule has 7 heteroatoms. The summed E-state index contributed by atoms with van der Waals surface area (Å²) < 4.78 is 0. The van der Waals surface area contributed by atoms with Gasteiger partial charge in [0.25, 0.3) is 0 Å². The summed E-state index contributed by atoms with van der Waals surface area (Å²) in [6, 6.07) is 12.2. The molecule has 5 nitrogen and oxygen atoms in total. The van der Waals surface area contributed by atoms with Crippen molar-refractivity contribution in [3.63, 3.8) is 0 Å². The monoisotopic (exact) mass is 344 g/mol. The molecule has 0 unspecified atom stereocenters. The number of carbonyl (C=O) groups excluding carboxylic acids is 1. The number of H-pyrrole nitrogens is 1. The van der Waals surface area contributed by atoms with Crippen LogP contribution in [-0.4, -0.2) is 27.1 Å². The number of aryl methyl sites for hydroxylation is 1. The maximum absolute atomic E-state index is 12.3. The fraction of sp³-hybridized carbons (Fsp3) is 0.188. The van der Waals surface area contributed by atoms with E-state index < -0.39 is 0 Å². The van der Waals surface area contributed by atoms with Crippen LogP contribution in [0.5, 0.6) is 0 Å². The Labute approximate surface area is 142 Å². The van der Waals surface area contributed by atoms with Crippen LogP contribution in [0.15, 0.2) is 53.0 Å². The molecule has 2 aromatic heterocycles. The van der Waals surface area contributed by atoms with Crippen LogP contribution < -0.4 is 5.32 Å². The van der Waals surface area contributed by atoms with Gasteiger partial charge in [0.15, 0.2) is 0 Å². The Hall–Kier alpha value is -2.12. The molecule has 0 spiro atoms. The molecular weight excluding hydrogens is 328 g/mol. The molecule has 0 saturated carbocycles. The summed E-state index contributed by atoms with van der Waals surface area (Å²) in [5.41, 5.74) is 2.28. The molecular formula is C16H16N4OS2. The van der Waals surface area contributed by atoms with Crippen molar-refractivity contribution < 1.29 is 4.79 Å². The third-order valence-corrected chi connectivity index (χ3v) is 5.12. The summed E-state index contributed by atoms with van der Waals surface area (Å²) in [6.45, 7) is 2.05. The van der Waals surface area contributed by atoms with E-state index in [4.69, 9.17) is 0 Å². The lowest BCUT2D eigenvalue weighted by molar-refractivity contribution is -0.119. The summed E-state index contributed by atoms with van der Waals surface area (Å²) in [6.07, 6.45) is 1.61. The van der Waals surface area contributed by atoms with Crippen LogP contribution in [0, 0.1) is 6.92 Å². The van der Waals surface area contributed by atoms with Crippen molar-refractivity contribution in [2.75, 3.05) is 5.75 Å². The van der Waals surface area contributed by atoms with Crippen molar-refractivity contribution in [1.82, 2.24) is 20.7 Å². The molecule has 0 radical (unpaired) electrons. The van der Waals surface area contributed by atoms with E-state index in [2.05, 4.69) is 51.9 Å². The fourth-order valence-corrected chi connectivity index (χ4v) is 3.53. The molecule has 3 aromatic rings. The van der Waals surface area contributed by atoms with Gasteiger partial charge in [-0.05, 0) is 23.9 Å². The van der Waals surface area contributed by atoms with Crippen LogP contribution in [0.2, 0.25) is 0 Å². The molecule has 1 amide bonds. The third-order valence-electron chi connectivity index (χ3n) is 3.29. The van der Waals surface area contributed by atoms with E-state index >= 15 is 0 Å². The Morgan fingerprint density at radius 3 is 2.83 bits per heavy atom. The average Bonchev–Trinajstić information content (AvgIpc) is 3.25. The molecule has 23 heavy (non-hydrogen) atoms. The Morgan fingerprint density at radius 2 is 2.17 bits per heavy atom. The van der Waals surface area contributed by atoms with Crippen molar-refractivity contribution in [3.8, 4) is 0 Å². The molecule has 1 aromatic carbocycles. The third kappa shape index (κ3) is 4.20. The molecule has 0 aliphatic carbocycles. The van der Waals surface area contributed by atoms with Crippen molar-refractivity contribution in [1.29, 1.82) is 0 Å². The minimum absolute atomic E-state index is 0.0306. The lowest BCUT2D eigenvalue weighted by Crippen LogP contribution is -2.30. The predicted molar refractivity (Wildman–Crippen MR) is 92.6 cm³/mol. The quantitative estimate of drug-likeness (QED) is 0.674. The lowest BCUT2D eigenvalue weighted by atomic mass is 10.0. The first-order chi connectivity index (χ1) is 11.2. The number of rotatable bonds is 6. The minimum Gasteiger partial charge on any atom is -0.344 e. The molecule has 1 atom stereocenters. The second kappa shape index (κ2) is 7.43. The topological polar surface area (TPSA) is 70.7 Å². The molecule has 2 heterocycles. The predicted octanol–water partition coefficient (Wildman–Crippen LogP) is 3.17. The van der Waals surface area contributed by atoms with Gasteiger partial charge in [-0.25, -0.2) is 0 Å². The van der Waals surface area contributed by atoms with E-state index in [1.165, 1.54) is 17.3 Å². The molecule has 3 rings (SSSR count). The van der Waals surface area contributed by atoms with Crippen molar-refractivity contribution in [2.24, 2.45) is 0 Å². The highest BCUT2D eigenvalue weighted by Crippen LogP contribution is 2.26. The fourth-order valence-electron chi connectivity index (χ4n) is 2.14. The van der Waals surface area contributed by atoms with E-state index in [9.17, 15) is 4.79 Å². The van der Waals surface area contributed by atoms with Gasteiger partial charge in [-0.2, -0.15) is 10.3 Å². The average molecular weight is 344 g/mol. The van der Waals surface area contributed by atoms with E-state index in [0.717, 1.165) is 10.4 Å². The zero-order chi connectivity index (χ0) is 16.1. The van der Waals surface area contributed by atoms with Crippen LogP contribution in [-0.2, 0) is 4.79 Å². The molecule has 0 aliphatic heterocycles. The first kappa shape index (κ1) is 15.8. The van der Waals surface area contributed by atoms with Gasteiger partial charge >= 0.3 is 0 Å². The summed E-state index contributed by atoms with van der Waals surface area (Å²) in [5.74, 6) is 0.275. The van der Waals surface area contributed by atoms with E-state index in [-0.39, 0.29) is 11.9 Å². The van der Waals surface area contributed by atoms with Gasteiger partial charge in [-0.15, -0.1) is 16.4 Å². The summed E-state index contributed by atoms with van der Waals surface area (Å²) in [4.78, 5) is 13.4. The van der Waals surface area contributed by atoms with Gasteiger partial charge in [0, 0.05) is 4.88 Å². The Bertz CT molecular complexity index is 739. The van der Waals surface area contributed by atoms with Gasteiger partial charge in [-0.1, -0.05) is 47.7 Å². The number of aromatic nitrogens is 3. The van der Waals surface area contributed by atoms with Crippen LogP contribution in [0.4, 0.5) is 0 Å². The second-order valence-electron chi connectivity index (χ2n) is 5.02. The van der Waals surface area contributed by atoms with Crippen LogP contribution in [0.1, 0.15) is 22.0 Å². The molecule has 0 fully saturated rings. The number of nitrogens with zero attached hydrogens (tertiary/aromatic N) is 2. The largest absolute Gasteiger partial charge is 0.344 e. The number of aromatic amines is 1. The summed E-state index contributed by atoms with van der Waals surface area (Å²) in [5, 5.41) is 16.0. The highest BCUT2D eigenvalue weighted by Gasteiger charge is 2.18. The summed E-state index contributed by atoms with van der Waals surface area (Å²) >= 11 is 3.00. The van der Waals surface area contributed by atoms with Gasteiger partial charge in [-0.3, -0.25) is 4.79 Å². The zero-order valence-corrected chi connectivity index (χ0v) is 14.2. The number of carbonyl (C=O) groups is 1. The molecule has 0 bridgehead atoms. The minimum atomic E-state index is -0.124. The number of thioether (sulfide) groups is 1. The Morgan fingerprint density at radius 1 is 1.35 bits per heavy atom. The van der Waals surface area contributed by atoms with E-state index in [0.29, 0.717) is 10.8 Å².